The number of sulfonamides is 1. The summed E-state index contributed by atoms with van der Waals surface area (Å²) in [5.41, 5.74) is 0.744. The van der Waals surface area contributed by atoms with Crippen LogP contribution < -0.4 is 10.0 Å². The first-order valence-corrected chi connectivity index (χ1v) is 9.67. The second-order valence-corrected chi connectivity index (χ2v) is 8.16. The minimum atomic E-state index is -3.79. The van der Waals surface area contributed by atoms with E-state index in [1.807, 2.05) is 11.8 Å². The highest BCUT2D eigenvalue weighted by Crippen LogP contribution is 2.23. The van der Waals surface area contributed by atoms with Gasteiger partial charge in [0.05, 0.1) is 0 Å². The van der Waals surface area contributed by atoms with Gasteiger partial charge in [-0.15, -0.1) is 0 Å². The van der Waals surface area contributed by atoms with Crippen LogP contribution in [0.15, 0.2) is 23.1 Å². The van der Waals surface area contributed by atoms with Crippen LogP contribution in [-0.4, -0.2) is 33.5 Å². The second-order valence-electron chi connectivity index (χ2n) is 5.20. The Kier molecular flexibility index (Phi) is 6.04. The van der Waals surface area contributed by atoms with Crippen molar-refractivity contribution in [2.24, 2.45) is 5.92 Å². The molecule has 118 valence electrons. The van der Waals surface area contributed by atoms with Crippen molar-refractivity contribution in [3.63, 3.8) is 0 Å². The standard InChI is InChI=1S/C14H21FN2O2S2/c1-16-9-12-2-3-13(15)14(8-12)21(18,19)17-10-11-4-6-20-7-5-11/h2-3,8,11,16-17H,4-7,9-10H2,1H3. The van der Waals surface area contributed by atoms with E-state index in [0.29, 0.717) is 19.0 Å². The van der Waals surface area contributed by atoms with Crippen molar-refractivity contribution in [2.45, 2.75) is 24.3 Å². The van der Waals surface area contributed by atoms with Gasteiger partial charge in [0.1, 0.15) is 10.7 Å². The molecule has 1 aliphatic heterocycles. The van der Waals surface area contributed by atoms with Crippen LogP contribution in [0.3, 0.4) is 0 Å². The third-order valence-electron chi connectivity index (χ3n) is 3.57. The van der Waals surface area contributed by atoms with Crippen LogP contribution in [0.5, 0.6) is 0 Å². The molecule has 0 spiro atoms. The van der Waals surface area contributed by atoms with Gasteiger partial charge in [0.15, 0.2) is 0 Å². The summed E-state index contributed by atoms with van der Waals surface area (Å²) in [6.45, 7) is 0.890. The van der Waals surface area contributed by atoms with Gasteiger partial charge in [-0.05, 0) is 55.0 Å². The molecule has 0 aliphatic carbocycles. The maximum atomic E-state index is 13.8. The van der Waals surface area contributed by atoms with Crippen LogP contribution in [0.2, 0.25) is 0 Å². The molecule has 0 unspecified atom stereocenters. The average Bonchev–Trinajstić information content (AvgIpc) is 2.48. The van der Waals surface area contributed by atoms with Crippen molar-refractivity contribution in [1.29, 1.82) is 0 Å². The molecule has 0 atom stereocenters. The number of hydrogen-bond acceptors (Lipinski definition) is 4. The number of nitrogens with one attached hydrogen (secondary N) is 2. The van der Waals surface area contributed by atoms with Gasteiger partial charge in [0.2, 0.25) is 10.0 Å². The molecule has 1 aliphatic rings. The largest absolute Gasteiger partial charge is 0.316 e. The van der Waals surface area contributed by atoms with Crippen molar-refractivity contribution in [1.82, 2.24) is 10.0 Å². The van der Waals surface area contributed by atoms with Gasteiger partial charge in [0, 0.05) is 13.1 Å². The summed E-state index contributed by atoms with van der Waals surface area (Å²) < 4.78 is 40.9. The van der Waals surface area contributed by atoms with Gasteiger partial charge in [-0.3, -0.25) is 0 Å². The normalized spacial score (nSPS) is 17.0. The lowest BCUT2D eigenvalue weighted by molar-refractivity contribution is 0.474. The van der Waals surface area contributed by atoms with E-state index in [9.17, 15) is 12.8 Å². The monoisotopic (exact) mass is 332 g/mol. The maximum absolute atomic E-state index is 13.8. The van der Waals surface area contributed by atoms with Crippen LogP contribution in [0, 0.1) is 11.7 Å². The molecule has 4 nitrogen and oxygen atoms in total. The fraction of sp³-hybridized carbons (Fsp3) is 0.571. The number of benzene rings is 1. The Morgan fingerprint density at radius 3 is 2.71 bits per heavy atom. The molecule has 2 rings (SSSR count). The molecule has 1 aromatic carbocycles. The minimum absolute atomic E-state index is 0.263. The quantitative estimate of drug-likeness (QED) is 0.836. The molecule has 1 aromatic rings. The molecule has 1 fully saturated rings. The first-order chi connectivity index (χ1) is 10.0. The third-order valence-corrected chi connectivity index (χ3v) is 6.06. The van der Waals surface area contributed by atoms with Crippen molar-refractivity contribution < 1.29 is 12.8 Å². The summed E-state index contributed by atoms with van der Waals surface area (Å²) in [5, 5.41) is 2.93. The van der Waals surface area contributed by atoms with E-state index >= 15 is 0 Å². The Morgan fingerprint density at radius 2 is 2.05 bits per heavy atom. The second kappa shape index (κ2) is 7.58. The Balaban J connectivity index is 2.08. The van der Waals surface area contributed by atoms with E-state index in [4.69, 9.17) is 0 Å². The molecular weight excluding hydrogens is 311 g/mol. The lowest BCUT2D eigenvalue weighted by atomic mass is 10.0. The van der Waals surface area contributed by atoms with Gasteiger partial charge in [-0.25, -0.2) is 17.5 Å². The van der Waals surface area contributed by atoms with Gasteiger partial charge in [-0.1, -0.05) is 6.07 Å². The Labute approximate surface area is 129 Å². The zero-order chi connectivity index (χ0) is 15.3. The lowest BCUT2D eigenvalue weighted by Gasteiger charge is -2.21. The predicted octanol–water partition coefficient (Wildman–Crippen LogP) is 1.97. The zero-order valence-electron chi connectivity index (χ0n) is 12.1. The van der Waals surface area contributed by atoms with Crippen molar-refractivity contribution >= 4 is 21.8 Å². The summed E-state index contributed by atoms with van der Waals surface area (Å²) in [4.78, 5) is -0.263. The van der Waals surface area contributed by atoms with E-state index < -0.39 is 15.8 Å². The molecule has 21 heavy (non-hydrogen) atoms. The molecule has 1 saturated heterocycles. The molecule has 0 amide bonds. The van der Waals surface area contributed by atoms with E-state index in [1.54, 1.807) is 13.1 Å². The smallest absolute Gasteiger partial charge is 0.243 e. The average molecular weight is 332 g/mol. The first-order valence-electron chi connectivity index (χ1n) is 7.03. The summed E-state index contributed by atoms with van der Waals surface area (Å²) in [6.07, 6.45) is 2.02. The Hall–Kier alpha value is -0.630. The predicted molar refractivity (Wildman–Crippen MR) is 84.4 cm³/mol. The minimum Gasteiger partial charge on any atom is -0.316 e. The van der Waals surface area contributed by atoms with Crippen molar-refractivity contribution in [2.75, 3.05) is 25.1 Å². The molecule has 0 radical (unpaired) electrons. The molecule has 0 saturated carbocycles. The van der Waals surface area contributed by atoms with Crippen molar-refractivity contribution in [3.05, 3.63) is 29.6 Å². The summed E-state index contributed by atoms with van der Waals surface area (Å²) in [7, 11) is -2.03. The number of hydrogen-bond donors (Lipinski definition) is 2. The summed E-state index contributed by atoms with van der Waals surface area (Å²) in [5.74, 6) is 1.78. The highest BCUT2D eigenvalue weighted by Gasteiger charge is 2.22. The maximum Gasteiger partial charge on any atom is 0.243 e. The van der Waals surface area contributed by atoms with Crippen molar-refractivity contribution in [3.8, 4) is 0 Å². The Bertz CT molecular complexity index is 572. The highest BCUT2D eigenvalue weighted by molar-refractivity contribution is 7.99. The molecular formula is C14H21FN2O2S2. The third kappa shape index (κ3) is 4.67. The van der Waals surface area contributed by atoms with Crippen LogP contribution in [0.1, 0.15) is 18.4 Å². The fourth-order valence-electron chi connectivity index (χ4n) is 2.32. The zero-order valence-corrected chi connectivity index (χ0v) is 13.7. The van der Waals surface area contributed by atoms with E-state index in [0.717, 1.165) is 29.9 Å². The molecule has 0 aromatic heterocycles. The van der Waals surface area contributed by atoms with E-state index in [2.05, 4.69) is 10.0 Å². The van der Waals surface area contributed by atoms with Crippen LogP contribution in [0.25, 0.3) is 0 Å². The lowest BCUT2D eigenvalue weighted by Crippen LogP contribution is -2.31. The van der Waals surface area contributed by atoms with E-state index in [-0.39, 0.29) is 4.90 Å². The highest BCUT2D eigenvalue weighted by atomic mass is 32.2. The molecule has 7 heteroatoms. The van der Waals surface area contributed by atoms with Crippen LogP contribution in [-0.2, 0) is 16.6 Å². The first kappa shape index (κ1) is 16.7. The van der Waals surface area contributed by atoms with Gasteiger partial charge in [-0.2, -0.15) is 11.8 Å². The van der Waals surface area contributed by atoms with E-state index in [1.165, 1.54) is 12.1 Å². The Morgan fingerprint density at radius 1 is 1.33 bits per heavy atom. The summed E-state index contributed by atoms with van der Waals surface area (Å²) in [6, 6.07) is 4.19. The van der Waals surface area contributed by atoms with Crippen LogP contribution in [0.4, 0.5) is 4.39 Å². The summed E-state index contributed by atoms with van der Waals surface area (Å²) >= 11 is 1.89. The fourth-order valence-corrected chi connectivity index (χ4v) is 4.77. The van der Waals surface area contributed by atoms with Gasteiger partial charge < -0.3 is 5.32 Å². The topological polar surface area (TPSA) is 58.2 Å². The SMILES string of the molecule is CNCc1ccc(F)c(S(=O)(=O)NCC2CCSCC2)c1. The number of halogens is 1. The van der Waals surface area contributed by atoms with Gasteiger partial charge >= 0.3 is 0 Å². The van der Waals surface area contributed by atoms with Crippen LogP contribution >= 0.6 is 11.8 Å². The molecule has 0 bridgehead atoms. The molecule has 1 heterocycles. The number of thioether (sulfide) groups is 1. The number of rotatable bonds is 6. The van der Waals surface area contributed by atoms with Gasteiger partial charge in [0.25, 0.3) is 0 Å². The molecule has 2 N–H and O–H groups in total.